The highest BCUT2D eigenvalue weighted by Crippen LogP contribution is 2.21. The standard InChI is InChI=1S/C20H28N6O/c1-4-15(2)22-19(27)18-9-10-21-20(24-18)23-16-5-7-17(8-6-16)26-13-11-25(3)12-14-26/h5-10,15H,4,11-14H2,1-3H3,(H,22,27)(H,21,23,24). The van der Waals surface area contributed by atoms with E-state index in [0.29, 0.717) is 11.6 Å². The first kappa shape index (κ1) is 19.1. The molecule has 144 valence electrons. The lowest BCUT2D eigenvalue weighted by Crippen LogP contribution is -2.44. The summed E-state index contributed by atoms with van der Waals surface area (Å²) in [6.45, 7) is 8.25. The summed E-state index contributed by atoms with van der Waals surface area (Å²) in [4.78, 5) is 25.5. The molecule has 27 heavy (non-hydrogen) atoms. The average Bonchev–Trinajstić information content (AvgIpc) is 2.69. The topological polar surface area (TPSA) is 73.4 Å². The minimum absolute atomic E-state index is 0.117. The third-order valence-corrected chi connectivity index (χ3v) is 4.87. The summed E-state index contributed by atoms with van der Waals surface area (Å²) in [6.07, 6.45) is 2.47. The van der Waals surface area contributed by atoms with Crippen LogP contribution in [-0.2, 0) is 0 Å². The van der Waals surface area contributed by atoms with Crippen LogP contribution in [0, 0.1) is 0 Å². The lowest BCUT2D eigenvalue weighted by atomic mass is 10.2. The van der Waals surface area contributed by atoms with Gasteiger partial charge < -0.3 is 20.4 Å². The molecule has 7 nitrogen and oxygen atoms in total. The molecule has 1 aliphatic rings. The number of likely N-dealkylation sites (N-methyl/N-ethyl adjacent to an activating group) is 1. The molecule has 1 fully saturated rings. The molecule has 0 bridgehead atoms. The first-order valence-corrected chi connectivity index (χ1v) is 9.49. The van der Waals surface area contributed by atoms with E-state index in [9.17, 15) is 4.79 Å². The Bertz CT molecular complexity index is 755. The molecular weight excluding hydrogens is 340 g/mol. The van der Waals surface area contributed by atoms with Gasteiger partial charge in [0.05, 0.1) is 0 Å². The summed E-state index contributed by atoms with van der Waals surface area (Å²) in [5, 5.41) is 6.09. The van der Waals surface area contributed by atoms with Crippen molar-refractivity contribution in [3.63, 3.8) is 0 Å². The van der Waals surface area contributed by atoms with E-state index < -0.39 is 0 Å². The van der Waals surface area contributed by atoms with Crippen LogP contribution >= 0.6 is 0 Å². The molecule has 7 heteroatoms. The molecule has 1 atom stereocenters. The van der Waals surface area contributed by atoms with Gasteiger partial charge in [0.1, 0.15) is 5.69 Å². The molecule has 1 saturated heterocycles. The number of benzene rings is 1. The summed E-state index contributed by atoms with van der Waals surface area (Å²) < 4.78 is 0. The van der Waals surface area contributed by atoms with Gasteiger partial charge >= 0.3 is 0 Å². The number of hydrogen-bond acceptors (Lipinski definition) is 6. The molecule has 2 heterocycles. The number of nitrogens with zero attached hydrogens (tertiary/aromatic N) is 4. The van der Waals surface area contributed by atoms with Crippen LogP contribution in [0.15, 0.2) is 36.5 Å². The number of carbonyl (C=O) groups is 1. The van der Waals surface area contributed by atoms with Crippen molar-refractivity contribution in [2.75, 3.05) is 43.4 Å². The van der Waals surface area contributed by atoms with E-state index in [1.54, 1.807) is 12.3 Å². The summed E-state index contributed by atoms with van der Waals surface area (Å²) >= 11 is 0. The quantitative estimate of drug-likeness (QED) is 0.816. The van der Waals surface area contributed by atoms with Crippen molar-refractivity contribution in [2.24, 2.45) is 0 Å². The predicted molar refractivity (Wildman–Crippen MR) is 109 cm³/mol. The minimum Gasteiger partial charge on any atom is -0.369 e. The first-order valence-electron chi connectivity index (χ1n) is 9.49. The van der Waals surface area contributed by atoms with Gasteiger partial charge in [0.2, 0.25) is 5.95 Å². The van der Waals surface area contributed by atoms with E-state index in [1.807, 2.05) is 26.0 Å². The first-order chi connectivity index (χ1) is 13.0. The average molecular weight is 368 g/mol. The van der Waals surface area contributed by atoms with Crippen molar-refractivity contribution >= 4 is 23.2 Å². The summed E-state index contributed by atoms with van der Waals surface area (Å²) in [5.41, 5.74) is 2.48. The van der Waals surface area contributed by atoms with E-state index in [-0.39, 0.29) is 11.9 Å². The zero-order chi connectivity index (χ0) is 19.2. The molecule has 2 aromatic rings. The van der Waals surface area contributed by atoms with Gasteiger partial charge in [-0.2, -0.15) is 0 Å². The lowest BCUT2D eigenvalue weighted by Gasteiger charge is -2.34. The SMILES string of the molecule is CCC(C)NC(=O)c1ccnc(Nc2ccc(N3CCN(C)CC3)cc2)n1. The fourth-order valence-electron chi connectivity index (χ4n) is 2.89. The van der Waals surface area contributed by atoms with Gasteiger partial charge in [-0.25, -0.2) is 9.97 Å². The molecule has 3 rings (SSSR count). The largest absolute Gasteiger partial charge is 0.369 e. The van der Waals surface area contributed by atoms with Crippen LogP contribution < -0.4 is 15.5 Å². The molecule has 0 radical (unpaired) electrons. The second-order valence-corrected chi connectivity index (χ2v) is 7.01. The fraction of sp³-hybridized carbons (Fsp3) is 0.450. The maximum Gasteiger partial charge on any atom is 0.270 e. The van der Waals surface area contributed by atoms with Crippen molar-refractivity contribution in [3.05, 3.63) is 42.2 Å². The predicted octanol–water partition coefficient (Wildman–Crippen LogP) is 2.50. The Morgan fingerprint density at radius 2 is 1.85 bits per heavy atom. The van der Waals surface area contributed by atoms with E-state index in [4.69, 9.17) is 0 Å². The van der Waals surface area contributed by atoms with Crippen LogP contribution in [0.5, 0.6) is 0 Å². The highest BCUT2D eigenvalue weighted by Gasteiger charge is 2.14. The Hall–Kier alpha value is -2.67. The molecule has 1 aliphatic heterocycles. The fourth-order valence-corrected chi connectivity index (χ4v) is 2.89. The Kier molecular flexibility index (Phi) is 6.24. The third kappa shape index (κ3) is 5.17. The lowest BCUT2D eigenvalue weighted by molar-refractivity contribution is 0.0934. The smallest absolute Gasteiger partial charge is 0.270 e. The Morgan fingerprint density at radius 3 is 2.52 bits per heavy atom. The monoisotopic (exact) mass is 368 g/mol. The van der Waals surface area contributed by atoms with Crippen LogP contribution in [0.1, 0.15) is 30.8 Å². The van der Waals surface area contributed by atoms with Crippen molar-refractivity contribution in [1.82, 2.24) is 20.2 Å². The van der Waals surface area contributed by atoms with Gasteiger partial charge in [0, 0.05) is 49.8 Å². The highest BCUT2D eigenvalue weighted by atomic mass is 16.1. The van der Waals surface area contributed by atoms with Crippen molar-refractivity contribution in [2.45, 2.75) is 26.3 Å². The van der Waals surface area contributed by atoms with Crippen LogP contribution in [-0.4, -0.2) is 60.0 Å². The van der Waals surface area contributed by atoms with Gasteiger partial charge in [0.25, 0.3) is 5.91 Å². The van der Waals surface area contributed by atoms with Gasteiger partial charge in [-0.15, -0.1) is 0 Å². The van der Waals surface area contributed by atoms with Crippen LogP contribution in [0.4, 0.5) is 17.3 Å². The van der Waals surface area contributed by atoms with Crippen LogP contribution in [0.3, 0.4) is 0 Å². The normalized spacial score (nSPS) is 16.0. The Labute approximate surface area is 160 Å². The molecular formula is C20H28N6O. The Morgan fingerprint density at radius 1 is 1.15 bits per heavy atom. The van der Waals surface area contributed by atoms with E-state index >= 15 is 0 Å². The maximum atomic E-state index is 12.2. The second-order valence-electron chi connectivity index (χ2n) is 7.01. The van der Waals surface area contributed by atoms with Crippen molar-refractivity contribution in [1.29, 1.82) is 0 Å². The van der Waals surface area contributed by atoms with Gasteiger partial charge in [-0.1, -0.05) is 6.92 Å². The number of nitrogens with one attached hydrogen (secondary N) is 2. The van der Waals surface area contributed by atoms with Gasteiger partial charge in [-0.3, -0.25) is 4.79 Å². The maximum absolute atomic E-state index is 12.2. The van der Waals surface area contributed by atoms with Gasteiger partial charge in [-0.05, 0) is 50.7 Å². The molecule has 0 aliphatic carbocycles. The molecule has 0 saturated carbocycles. The van der Waals surface area contributed by atoms with Gasteiger partial charge in [0.15, 0.2) is 0 Å². The van der Waals surface area contributed by atoms with E-state index in [0.717, 1.165) is 38.3 Å². The number of carbonyl (C=O) groups excluding carboxylic acids is 1. The summed E-state index contributed by atoms with van der Waals surface area (Å²) in [5.74, 6) is 0.236. The number of rotatable bonds is 6. The highest BCUT2D eigenvalue weighted by molar-refractivity contribution is 5.92. The van der Waals surface area contributed by atoms with Crippen LogP contribution in [0.2, 0.25) is 0 Å². The zero-order valence-corrected chi connectivity index (χ0v) is 16.3. The molecule has 1 amide bonds. The molecule has 1 aromatic carbocycles. The van der Waals surface area contributed by atoms with Crippen LogP contribution in [0.25, 0.3) is 0 Å². The molecule has 2 N–H and O–H groups in total. The number of hydrogen-bond donors (Lipinski definition) is 2. The number of piperazine rings is 1. The van der Waals surface area contributed by atoms with E-state index in [1.165, 1.54) is 5.69 Å². The number of amides is 1. The molecule has 0 spiro atoms. The zero-order valence-electron chi connectivity index (χ0n) is 16.3. The summed E-state index contributed by atoms with van der Waals surface area (Å²) in [6, 6.07) is 9.98. The van der Waals surface area contributed by atoms with E-state index in [2.05, 4.69) is 49.6 Å². The Balaban J connectivity index is 1.63. The molecule has 1 aromatic heterocycles. The number of aromatic nitrogens is 2. The molecule has 1 unspecified atom stereocenters. The second kappa shape index (κ2) is 8.81. The summed E-state index contributed by atoms with van der Waals surface area (Å²) in [7, 11) is 2.15. The third-order valence-electron chi connectivity index (χ3n) is 4.87. The minimum atomic E-state index is -0.180. The van der Waals surface area contributed by atoms with Crippen molar-refractivity contribution in [3.8, 4) is 0 Å². The van der Waals surface area contributed by atoms with Crippen molar-refractivity contribution < 1.29 is 4.79 Å². The number of anilines is 3.